The molecule has 1 rings (SSSR count). The smallest absolute Gasteiger partial charge is 0.305 e. The lowest BCUT2D eigenvalue weighted by Crippen LogP contribution is -2.31. The predicted octanol–water partition coefficient (Wildman–Crippen LogP) is 1.71. The Kier molecular flexibility index (Phi) is 5.07. The van der Waals surface area contributed by atoms with Crippen LogP contribution >= 0.6 is 0 Å². The molecule has 4 N–H and O–H groups in total. The maximum absolute atomic E-state index is 11.6. The summed E-state index contributed by atoms with van der Waals surface area (Å²) < 4.78 is 0. The third kappa shape index (κ3) is 3.94. The zero-order chi connectivity index (χ0) is 15.4. The molecule has 0 fully saturated rings. The topological polar surface area (TPSA) is 105 Å². The number of primary amides is 1. The summed E-state index contributed by atoms with van der Waals surface area (Å²) in [6.45, 7) is 7.41. The zero-order valence-electron chi connectivity index (χ0n) is 12.2. The van der Waals surface area contributed by atoms with Crippen LogP contribution < -0.4 is 11.1 Å². The molecule has 6 heteroatoms. The van der Waals surface area contributed by atoms with Crippen LogP contribution in [0.15, 0.2) is 6.07 Å². The van der Waals surface area contributed by atoms with Gasteiger partial charge in [-0.05, 0) is 31.4 Å². The summed E-state index contributed by atoms with van der Waals surface area (Å²) in [5, 5.41) is 12.0. The maximum atomic E-state index is 11.6. The number of nitrogens with two attached hydrogens (primary N) is 1. The van der Waals surface area contributed by atoms with Crippen molar-refractivity contribution in [2.75, 3.05) is 5.32 Å². The quantitative estimate of drug-likeness (QED) is 0.735. The van der Waals surface area contributed by atoms with Crippen molar-refractivity contribution in [2.24, 2.45) is 11.7 Å². The summed E-state index contributed by atoms with van der Waals surface area (Å²) in [5.41, 5.74) is 7.17. The largest absolute Gasteiger partial charge is 0.481 e. The minimum absolute atomic E-state index is 0.0511. The van der Waals surface area contributed by atoms with Gasteiger partial charge in [0.25, 0.3) is 5.91 Å². The number of hydrogen-bond acceptors (Lipinski definition) is 4. The lowest BCUT2D eigenvalue weighted by Gasteiger charge is -2.23. The number of nitrogens with one attached hydrogen (secondary N) is 1. The van der Waals surface area contributed by atoms with Gasteiger partial charge in [-0.15, -0.1) is 0 Å². The van der Waals surface area contributed by atoms with Gasteiger partial charge in [0.2, 0.25) is 0 Å². The van der Waals surface area contributed by atoms with Gasteiger partial charge in [-0.25, -0.2) is 4.98 Å². The van der Waals surface area contributed by atoms with Crippen molar-refractivity contribution in [3.8, 4) is 0 Å². The van der Waals surface area contributed by atoms with Crippen molar-refractivity contribution in [3.63, 3.8) is 0 Å². The second-order valence-corrected chi connectivity index (χ2v) is 5.26. The number of pyridine rings is 1. The van der Waals surface area contributed by atoms with E-state index >= 15 is 0 Å². The summed E-state index contributed by atoms with van der Waals surface area (Å²) in [5.74, 6) is -1.04. The van der Waals surface area contributed by atoms with E-state index in [1.165, 1.54) is 0 Å². The number of amides is 1. The van der Waals surface area contributed by atoms with Gasteiger partial charge >= 0.3 is 5.97 Å². The molecule has 110 valence electrons. The number of rotatable bonds is 6. The van der Waals surface area contributed by atoms with Crippen molar-refractivity contribution in [2.45, 2.75) is 40.2 Å². The van der Waals surface area contributed by atoms with E-state index in [1.807, 2.05) is 20.8 Å². The number of nitrogens with zero attached hydrogens (tertiary/aromatic N) is 1. The van der Waals surface area contributed by atoms with Crippen molar-refractivity contribution in [3.05, 3.63) is 22.9 Å². The van der Waals surface area contributed by atoms with Crippen LogP contribution in [-0.2, 0) is 4.79 Å². The molecule has 0 aliphatic rings. The molecule has 0 aliphatic heterocycles. The normalized spacial score (nSPS) is 12.2. The van der Waals surface area contributed by atoms with Gasteiger partial charge in [0, 0.05) is 11.7 Å². The molecule has 0 bridgehead atoms. The Bertz CT molecular complexity index is 527. The molecular formula is C14H21N3O3. The Morgan fingerprint density at radius 2 is 2.00 bits per heavy atom. The Hall–Kier alpha value is -2.11. The number of carbonyl (C=O) groups is 2. The second-order valence-electron chi connectivity index (χ2n) is 5.26. The third-order valence-electron chi connectivity index (χ3n) is 3.11. The molecule has 0 spiro atoms. The Labute approximate surface area is 118 Å². The molecule has 1 aromatic heterocycles. The highest BCUT2D eigenvalue weighted by atomic mass is 16.4. The molecule has 1 heterocycles. The highest BCUT2D eigenvalue weighted by Crippen LogP contribution is 2.21. The molecule has 0 saturated heterocycles. The van der Waals surface area contributed by atoms with Crippen LogP contribution in [0.1, 0.15) is 41.9 Å². The number of carboxylic acids is 1. The highest BCUT2D eigenvalue weighted by Gasteiger charge is 2.21. The monoisotopic (exact) mass is 279 g/mol. The zero-order valence-corrected chi connectivity index (χ0v) is 12.2. The number of aryl methyl sites for hydroxylation is 2. The number of carboxylic acid groups (broad SMARTS) is 1. The van der Waals surface area contributed by atoms with Gasteiger partial charge in [0.1, 0.15) is 5.82 Å². The fourth-order valence-corrected chi connectivity index (χ4v) is 2.07. The lowest BCUT2D eigenvalue weighted by molar-refractivity contribution is -0.137. The Morgan fingerprint density at radius 1 is 1.40 bits per heavy atom. The second kappa shape index (κ2) is 6.36. The number of carbonyl (C=O) groups excluding carboxylic acids is 1. The van der Waals surface area contributed by atoms with Gasteiger partial charge < -0.3 is 16.2 Å². The first kappa shape index (κ1) is 15.9. The van der Waals surface area contributed by atoms with Crippen LogP contribution in [0, 0.1) is 19.8 Å². The van der Waals surface area contributed by atoms with Crippen LogP contribution in [0.2, 0.25) is 0 Å². The molecular weight excluding hydrogens is 258 g/mol. The van der Waals surface area contributed by atoms with E-state index < -0.39 is 11.9 Å². The number of aromatic nitrogens is 1. The molecule has 0 radical (unpaired) electrons. The fourth-order valence-electron chi connectivity index (χ4n) is 2.07. The van der Waals surface area contributed by atoms with Gasteiger partial charge in [-0.1, -0.05) is 13.8 Å². The lowest BCUT2D eigenvalue weighted by atomic mass is 10.00. The molecule has 6 nitrogen and oxygen atoms in total. The van der Waals surface area contributed by atoms with Gasteiger partial charge in [0.15, 0.2) is 0 Å². The number of anilines is 1. The van der Waals surface area contributed by atoms with E-state index in [0.29, 0.717) is 11.4 Å². The average Bonchev–Trinajstić information content (AvgIpc) is 2.25. The average molecular weight is 279 g/mol. The Morgan fingerprint density at radius 3 is 2.45 bits per heavy atom. The number of aliphatic carboxylic acids is 1. The molecule has 1 atom stereocenters. The first-order valence-electron chi connectivity index (χ1n) is 6.48. The van der Waals surface area contributed by atoms with E-state index in [-0.39, 0.29) is 18.4 Å². The molecule has 1 unspecified atom stereocenters. The van der Waals surface area contributed by atoms with Crippen LogP contribution in [0.5, 0.6) is 0 Å². The molecule has 20 heavy (non-hydrogen) atoms. The summed E-state index contributed by atoms with van der Waals surface area (Å²) in [4.78, 5) is 26.7. The van der Waals surface area contributed by atoms with Crippen LogP contribution in [-0.4, -0.2) is 28.0 Å². The van der Waals surface area contributed by atoms with Gasteiger partial charge in [-0.2, -0.15) is 0 Å². The standard InChI is InChI=1S/C14H21N3O3/c1-7(2)10(6-11(18)19)17-14-12(13(15)20)8(3)5-9(4)16-14/h5,7,10H,6H2,1-4H3,(H2,15,20)(H,16,17)(H,18,19). The Balaban J connectivity index is 3.17. The van der Waals surface area contributed by atoms with Crippen molar-refractivity contribution < 1.29 is 14.7 Å². The minimum Gasteiger partial charge on any atom is -0.481 e. The van der Waals surface area contributed by atoms with Crippen LogP contribution in [0.4, 0.5) is 5.82 Å². The highest BCUT2D eigenvalue weighted by molar-refractivity contribution is 5.99. The van der Waals surface area contributed by atoms with E-state index in [4.69, 9.17) is 10.8 Å². The number of hydrogen-bond donors (Lipinski definition) is 3. The summed E-state index contributed by atoms with van der Waals surface area (Å²) >= 11 is 0. The molecule has 0 aromatic carbocycles. The van der Waals surface area contributed by atoms with Crippen molar-refractivity contribution in [1.29, 1.82) is 0 Å². The molecule has 1 aromatic rings. The van der Waals surface area contributed by atoms with Gasteiger partial charge in [0.05, 0.1) is 12.0 Å². The fraction of sp³-hybridized carbons (Fsp3) is 0.500. The molecule has 1 amide bonds. The first-order chi connectivity index (χ1) is 9.22. The molecule has 0 aliphatic carbocycles. The van der Waals surface area contributed by atoms with E-state index in [1.54, 1.807) is 13.0 Å². The summed E-state index contributed by atoms with van der Waals surface area (Å²) in [6, 6.07) is 1.45. The van der Waals surface area contributed by atoms with E-state index in [9.17, 15) is 9.59 Å². The maximum Gasteiger partial charge on any atom is 0.305 e. The summed E-state index contributed by atoms with van der Waals surface area (Å²) in [6.07, 6.45) is -0.0511. The van der Waals surface area contributed by atoms with Crippen molar-refractivity contribution >= 4 is 17.7 Å². The van der Waals surface area contributed by atoms with Crippen LogP contribution in [0.25, 0.3) is 0 Å². The van der Waals surface area contributed by atoms with Crippen molar-refractivity contribution in [1.82, 2.24) is 4.98 Å². The predicted molar refractivity (Wildman–Crippen MR) is 76.7 cm³/mol. The van der Waals surface area contributed by atoms with E-state index in [2.05, 4.69) is 10.3 Å². The van der Waals surface area contributed by atoms with Gasteiger partial charge in [-0.3, -0.25) is 9.59 Å². The first-order valence-corrected chi connectivity index (χ1v) is 6.48. The minimum atomic E-state index is -0.902. The molecule has 0 saturated carbocycles. The van der Waals surface area contributed by atoms with Crippen LogP contribution in [0.3, 0.4) is 0 Å². The van der Waals surface area contributed by atoms with E-state index in [0.717, 1.165) is 11.3 Å². The third-order valence-corrected chi connectivity index (χ3v) is 3.11. The summed E-state index contributed by atoms with van der Waals surface area (Å²) in [7, 11) is 0. The SMILES string of the molecule is Cc1cc(C)c(C(N)=O)c(NC(CC(=O)O)C(C)C)n1.